The van der Waals surface area contributed by atoms with Crippen LogP contribution in [0.15, 0.2) is 60.0 Å². The summed E-state index contributed by atoms with van der Waals surface area (Å²) < 4.78 is 1.89. The Bertz CT molecular complexity index is 1020. The summed E-state index contributed by atoms with van der Waals surface area (Å²) in [5.41, 5.74) is 2.89. The molecule has 0 bridgehead atoms. The van der Waals surface area contributed by atoms with Gasteiger partial charge in [0.15, 0.2) is 10.9 Å². The van der Waals surface area contributed by atoms with Gasteiger partial charge in [0.05, 0.1) is 11.4 Å². The van der Waals surface area contributed by atoms with Gasteiger partial charge in [0.25, 0.3) is 0 Å². The number of aryl methyl sites for hydroxylation is 1. The number of rotatable bonds is 6. The molecule has 2 aromatic carbocycles. The maximum atomic E-state index is 12.6. The van der Waals surface area contributed by atoms with E-state index in [2.05, 4.69) is 15.5 Å². The highest BCUT2D eigenvalue weighted by Crippen LogP contribution is 2.23. The smallest absolute Gasteiger partial charge is 0.229 e. The van der Waals surface area contributed by atoms with Crippen LogP contribution in [0.25, 0.3) is 5.69 Å². The van der Waals surface area contributed by atoms with Gasteiger partial charge >= 0.3 is 0 Å². The maximum Gasteiger partial charge on any atom is 0.229 e. The number of anilines is 1. The Labute approximate surface area is 174 Å². The zero-order valence-electron chi connectivity index (χ0n) is 17.0. The monoisotopic (exact) mass is 408 g/mol. The first kappa shape index (κ1) is 20.8. The number of hydrogen-bond acceptors (Lipinski definition) is 5. The molecule has 0 fully saturated rings. The molecule has 0 aliphatic heterocycles. The standard InChI is InChI=1S/C22H24N4O2S/c1-15-7-5-6-8-18(15)26-14-23-25-21(26)29-13-19(27)16-9-11-17(12-10-16)24-20(28)22(2,3)4/h5-12,14H,13H2,1-4H3,(H,24,28). The minimum Gasteiger partial charge on any atom is -0.326 e. The molecule has 3 aromatic rings. The first-order valence-corrected chi connectivity index (χ1v) is 10.3. The molecule has 29 heavy (non-hydrogen) atoms. The van der Waals surface area contributed by atoms with Crippen LogP contribution in [0.5, 0.6) is 0 Å². The molecule has 1 N–H and O–H groups in total. The quantitative estimate of drug-likeness (QED) is 0.479. The second-order valence-corrected chi connectivity index (χ2v) is 8.71. The molecule has 1 heterocycles. The average molecular weight is 409 g/mol. The fourth-order valence-corrected chi connectivity index (χ4v) is 3.41. The molecule has 0 aliphatic carbocycles. The van der Waals surface area contributed by atoms with E-state index in [1.165, 1.54) is 11.8 Å². The Morgan fingerprint density at radius 2 is 1.76 bits per heavy atom. The highest BCUT2D eigenvalue weighted by molar-refractivity contribution is 7.99. The Hall–Kier alpha value is -2.93. The number of nitrogens with zero attached hydrogens (tertiary/aromatic N) is 3. The molecule has 0 unspecified atom stereocenters. The number of nitrogens with one attached hydrogen (secondary N) is 1. The topological polar surface area (TPSA) is 76.9 Å². The summed E-state index contributed by atoms with van der Waals surface area (Å²) in [4.78, 5) is 24.6. The van der Waals surface area contributed by atoms with Crippen LogP contribution in [0.1, 0.15) is 36.7 Å². The molecule has 7 heteroatoms. The van der Waals surface area contributed by atoms with Crippen LogP contribution in [-0.2, 0) is 4.79 Å². The second kappa shape index (κ2) is 8.61. The van der Waals surface area contributed by atoms with Crippen LogP contribution < -0.4 is 5.32 Å². The van der Waals surface area contributed by atoms with Crippen molar-refractivity contribution in [1.29, 1.82) is 0 Å². The first-order valence-electron chi connectivity index (χ1n) is 9.29. The van der Waals surface area contributed by atoms with Crippen LogP contribution in [0, 0.1) is 12.3 Å². The number of para-hydroxylation sites is 1. The lowest BCUT2D eigenvalue weighted by Crippen LogP contribution is -2.27. The number of amides is 1. The lowest BCUT2D eigenvalue weighted by atomic mass is 9.95. The number of hydrogen-bond donors (Lipinski definition) is 1. The predicted octanol–water partition coefficient (Wildman–Crippen LogP) is 4.54. The number of aromatic nitrogens is 3. The number of carbonyl (C=O) groups is 2. The van der Waals surface area contributed by atoms with Crippen molar-refractivity contribution in [3.8, 4) is 5.69 Å². The molecule has 6 nitrogen and oxygen atoms in total. The van der Waals surface area contributed by atoms with Crippen LogP contribution >= 0.6 is 11.8 Å². The number of benzene rings is 2. The minimum atomic E-state index is -0.474. The lowest BCUT2D eigenvalue weighted by molar-refractivity contribution is -0.123. The van der Waals surface area contributed by atoms with Gasteiger partial charge in [-0.05, 0) is 42.8 Å². The molecule has 1 aromatic heterocycles. The molecule has 0 saturated carbocycles. The predicted molar refractivity (Wildman–Crippen MR) is 116 cm³/mol. The van der Waals surface area contributed by atoms with Gasteiger partial charge in [-0.2, -0.15) is 0 Å². The summed E-state index contributed by atoms with van der Waals surface area (Å²) in [7, 11) is 0. The molecule has 0 aliphatic rings. The van der Waals surface area contributed by atoms with E-state index in [0.717, 1.165) is 11.3 Å². The number of Topliss-reactive ketones (excluding diaryl/α,β-unsaturated/α-hetero) is 1. The third-order valence-corrected chi connectivity index (χ3v) is 5.31. The molecule has 0 atom stereocenters. The molecule has 0 saturated heterocycles. The summed E-state index contributed by atoms with van der Waals surface area (Å²) in [6, 6.07) is 14.9. The van der Waals surface area contributed by atoms with Gasteiger partial charge < -0.3 is 5.32 Å². The Balaban J connectivity index is 1.64. The van der Waals surface area contributed by atoms with E-state index < -0.39 is 5.41 Å². The molecular formula is C22H24N4O2S. The average Bonchev–Trinajstić information content (AvgIpc) is 3.14. The van der Waals surface area contributed by atoms with E-state index in [9.17, 15) is 9.59 Å². The van der Waals surface area contributed by atoms with Gasteiger partial charge in [0.1, 0.15) is 6.33 Å². The zero-order valence-corrected chi connectivity index (χ0v) is 17.8. The van der Waals surface area contributed by atoms with E-state index >= 15 is 0 Å². The molecular weight excluding hydrogens is 384 g/mol. The molecule has 3 rings (SSSR count). The summed E-state index contributed by atoms with van der Waals surface area (Å²) >= 11 is 1.35. The Morgan fingerprint density at radius 3 is 2.41 bits per heavy atom. The van der Waals surface area contributed by atoms with E-state index in [-0.39, 0.29) is 17.4 Å². The Kier molecular flexibility index (Phi) is 6.17. The fraction of sp³-hybridized carbons (Fsp3) is 0.273. The summed E-state index contributed by atoms with van der Waals surface area (Å²) in [6.07, 6.45) is 1.65. The third-order valence-electron chi connectivity index (χ3n) is 4.37. The number of thioether (sulfide) groups is 1. The van der Waals surface area contributed by atoms with E-state index in [0.29, 0.717) is 16.4 Å². The van der Waals surface area contributed by atoms with E-state index in [4.69, 9.17) is 0 Å². The largest absolute Gasteiger partial charge is 0.326 e. The second-order valence-electron chi connectivity index (χ2n) is 7.76. The molecule has 0 spiro atoms. The van der Waals surface area contributed by atoms with Crippen molar-refractivity contribution in [1.82, 2.24) is 14.8 Å². The number of carbonyl (C=O) groups excluding carboxylic acids is 2. The summed E-state index contributed by atoms with van der Waals surface area (Å²) in [6.45, 7) is 7.59. The van der Waals surface area contributed by atoms with Gasteiger partial charge in [-0.25, -0.2) is 0 Å². The van der Waals surface area contributed by atoms with Gasteiger partial charge in [-0.3, -0.25) is 14.2 Å². The minimum absolute atomic E-state index is 0.0111. The van der Waals surface area contributed by atoms with Crippen LogP contribution in [0.2, 0.25) is 0 Å². The molecule has 1 amide bonds. The third kappa shape index (κ3) is 5.12. The van der Waals surface area contributed by atoms with Gasteiger partial charge in [0, 0.05) is 16.7 Å². The molecule has 150 valence electrons. The molecule has 0 radical (unpaired) electrons. The van der Waals surface area contributed by atoms with Crippen molar-refractivity contribution < 1.29 is 9.59 Å². The van der Waals surface area contributed by atoms with Crippen LogP contribution in [-0.4, -0.2) is 32.2 Å². The fourth-order valence-electron chi connectivity index (χ4n) is 2.59. The van der Waals surface area contributed by atoms with Crippen molar-refractivity contribution in [3.63, 3.8) is 0 Å². The van der Waals surface area contributed by atoms with E-state index in [1.54, 1.807) is 30.6 Å². The summed E-state index contributed by atoms with van der Waals surface area (Å²) in [5, 5.41) is 11.7. The van der Waals surface area contributed by atoms with Crippen molar-refractivity contribution in [2.45, 2.75) is 32.9 Å². The van der Waals surface area contributed by atoms with Gasteiger partial charge in [-0.15, -0.1) is 10.2 Å². The normalized spacial score (nSPS) is 11.3. The summed E-state index contributed by atoms with van der Waals surface area (Å²) in [5.74, 6) is 0.170. The van der Waals surface area contributed by atoms with Crippen molar-refractivity contribution in [3.05, 3.63) is 66.0 Å². The van der Waals surface area contributed by atoms with Crippen molar-refractivity contribution in [2.75, 3.05) is 11.1 Å². The van der Waals surface area contributed by atoms with Crippen molar-refractivity contribution in [2.24, 2.45) is 5.41 Å². The van der Waals surface area contributed by atoms with E-state index in [1.807, 2.05) is 56.5 Å². The van der Waals surface area contributed by atoms with Gasteiger partial charge in [-0.1, -0.05) is 50.7 Å². The highest BCUT2D eigenvalue weighted by atomic mass is 32.2. The van der Waals surface area contributed by atoms with Gasteiger partial charge in [0.2, 0.25) is 5.91 Å². The van der Waals surface area contributed by atoms with Crippen molar-refractivity contribution >= 4 is 29.1 Å². The SMILES string of the molecule is Cc1ccccc1-n1cnnc1SCC(=O)c1ccc(NC(=O)C(C)(C)C)cc1. The van der Waals surface area contributed by atoms with Crippen LogP contribution in [0.3, 0.4) is 0 Å². The van der Waals surface area contributed by atoms with Crippen LogP contribution in [0.4, 0.5) is 5.69 Å². The zero-order chi connectivity index (χ0) is 21.0. The Morgan fingerprint density at radius 1 is 1.07 bits per heavy atom. The maximum absolute atomic E-state index is 12.6. The lowest BCUT2D eigenvalue weighted by Gasteiger charge is -2.17. The number of ketones is 1. The first-order chi connectivity index (χ1) is 13.8. The highest BCUT2D eigenvalue weighted by Gasteiger charge is 2.21.